The van der Waals surface area contributed by atoms with Crippen molar-refractivity contribution in [2.75, 3.05) is 13.1 Å². The summed E-state index contributed by atoms with van der Waals surface area (Å²) in [7, 11) is -1.85. The number of rotatable bonds is 3. The molecule has 0 aromatic rings. The van der Waals surface area contributed by atoms with Gasteiger partial charge in [0.15, 0.2) is 8.32 Å². The molecule has 2 N–H and O–H groups in total. The summed E-state index contributed by atoms with van der Waals surface area (Å²) in [4.78, 5) is 12.0. The van der Waals surface area contributed by atoms with Crippen molar-refractivity contribution in [3.8, 4) is 0 Å². The lowest BCUT2D eigenvalue weighted by atomic mass is 10.0. The van der Waals surface area contributed by atoms with Crippen LogP contribution in [0, 0.1) is 0 Å². The van der Waals surface area contributed by atoms with E-state index in [-0.39, 0.29) is 23.3 Å². The average molecular weight is 331 g/mol. The Hall–Kier alpha value is -0.593. The molecule has 5 nitrogen and oxygen atoms in total. The van der Waals surface area contributed by atoms with Crippen LogP contribution in [-0.4, -0.2) is 45.2 Å². The number of hydrogen-bond acceptors (Lipinski definition) is 4. The van der Waals surface area contributed by atoms with E-state index < -0.39 is 13.9 Å². The smallest absolute Gasteiger partial charge is 0.408 e. The normalized spacial score (nSPS) is 24.0. The van der Waals surface area contributed by atoms with E-state index in [4.69, 9.17) is 9.16 Å². The third-order valence-electron chi connectivity index (χ3n) is 4.37. The van der Waals surface area contributed by atoms with Gasteiger partial charge in [0.2, 0.25) is 0 Å². The van der Waals surface area contributed by atoms with E-state index in [1.165, 1.54) is 0 Å². The molecule has 0 spiro atoms. The van der Waals surface area contributed by atoms with Crippen LogP contribution in [0.4, 0.5) is 4.79 Å². The fraction of sp³-hybridized carbons (Fsp3) is 0.938. The Balaban J connectivity index is 2.70. The quantitative estimate of drug-likeness (QED) is 0.780. The summed E-state index contributed by atoms with van der Waals surface area (Å²) in [6.07, 6.45) is 0.590. The van der Waals surface area contributed by atoms with Gasteiger partial charge in [-0.25, -0.2) is 4.79 Å². The minimum absolute atomic E-state index is 0.0438. The number of nitrogens with one attached hydrogen (secondary N) is 2. The molecule has 0 saturated carbocycles. The van der Waals surface area contributed by atoms with Gasteiger partial charge in [-0.15, -0.1) is 0 Å². The molecule has 1 aliphatic heterocycles. The summed E-state index contributed by atoms with van der Waals surface area (Å²) in [6, 6.07) is -0.0438. The highest BCUT2D eigenvalue weighted by molar-refractivity contribution is 6.74. The van der Waals surface area contributed by atoms with Crippen LogP contribution in [0.5, 0.6) is 0 Å². The molecule has 1 aliphatic rings. The third kappa shape index (κ3) is 5.89. The van der Waals surface area contributed by atoms with E-state index in [0.29, 0.717) is 0 Å². The number of carbonyl (C=O) groups excluding carboxylic acids is 1. The maximum Gasteiger partial charge on any atom is 0.408 e. The van der Waals surface area contributed by atoms with Crippen LogP contribution < -0.4 is 10.6 Å². The standard InChI is InChI=1S/C16H34N2O3Si/c1-15(2,3)20-14(19)18-12-11-17-10-9-13(12)21-22(7,8)16(4,5)6/h12-13,17H,9-11H2,1-8H3,(H,18,19). The highest BCUT2D eigenvalue weighted by Gasteiger charge is 2.41. The summed E-state index contributed by atoms with van der Waals surface area (Å²) in [6.45, 7) is 18.5. The largest absolute Gasteiger partial charge is 0.444 e. The van der Waals surface area contributed by atoms with Crippen LogP contribution in [-0.2, 0) is 9.16 Å². The van der Waals surface area contributed by atoms with Crippen LogP contribution in [0.25, 0.3) is 0 Å². The van der Waals surface area contributed by atoms with Gasteiger partial charge in [-0.05, 0) is 51.9 Å². The first-order valence-corrected chi connectivity index (χ1v) is 11.1. The van der Waals surface area contributed by atoms with Crippen molar-refractivity contribution in [3.63, 3.8) is 0 Å². The van der Waals surface area contributed by atoms with E-state index in [9.17, 15) is 4.79 Å². The number of piperidine rings is 1. The van der Waals surface area contributed by atoms with E-state index in [1.54, 1.807) is 0 Å². The number of hydrogen-bond donors (Lipinski definition) is 2. The van der Waals surface area contributed by atoms with Gasteiger partial charge >= 0.3 is 6.09 Å². The molecule has 0 bridgehead atoms. The predicted molar refractivity (Wildman–Crippen MR) is 92.7 cm³/mol. The maximum absolute atomic E-state index is 12.0. The van der Waals surface area contributed by atoms with Crippen molar-refractivity contribution in [2.24, 2.45) is 0 Å². The molecule has 0 aromatic heterocycles. The molecule has 2 unspecified atom stereocenters. The minimum Gasteiger partial charge on any atom is -0.444 e. The molecule has 0 radical (unpaired) electrons. The second-order valence-corrected chi connectivity index (χ2v) is 13.4. The lowest BCUT2D eigenvalue weighted by molar-refractivity contribution is 0.0400. The molecule has 22 heavy (non-hydrogen) atoms. The lowest BCUT2D eigenvalue weighted by Gasteiger charge is -2.43. The highest BCUT2D eigenvalue weighted by atomic mass is 28.4. The van der Waals surface area contributed by atoms with Gasteiger partial charge in [-0.1, -0.05) is 20.8 Å². The zero-order valence-electron chi connectivity index (χ0n) is 15.5. The molecular weight excluding hydrogens is 296 g/mol. The second-order valence-electron chi connectivity index (χ2n) is 8.66. The van der Waals surface area contributed by atoms with Crippen molar-refractivity contribution in [3.05, 3.63) is 0 Å². The number of alkyl carbamates (subject to hydrolysis) is 1. The van der Waals surface area contributed by atoms with Crippen LogP contribution in [0.3, 0.4) is 0 Å². The first-order valence-electron chi connectivity index (χ1n) is 8.20. The fourth-order valence-electron chi connectivity index (χ4n) is 2.13. The Morgan fingerprint density at radius 3 is 2.27 bits per heavy atom. The highest BCUT2D eigenvalue weighted by Crippen LogP contribution is 2.38. The Kier molecular flexibility index (Phi) is 6.09. The van der Waals surface area contributed by atoms with Gasteiger partial charge in [0.1, 0.15) is 5.60 Å². The van der Waals surface area contributed by atoms with Crippen molar-refractivity contribution < 1.29 is 14.0 Å². The molecule has 1 amide bonds. The minimum atomic E-state index is -1.85. The second kappa shape index (κ2) is 6.89. The lowest BCUT2D eigenvalue weighted by Crippen LogP contribution is -2.58. The molecule has 1 rings (SSSR count). The first-order chi connectivity index (χ1) is 9.82. The van der Waals surface area contributed by atoms with Crippen LogP contribution >= 0.6 is 0 Å². The van der Waals surface area contributed by atoms with E-state index in [2.05, 4.69) is 44.5 Å². The Bertz CT molecular complexity index is 386. The summed E-state index contributed by atoms with van der Waals surface area (Å²) >= 11 is 0. The van der Waals surface area contributed by atoms with E-state index in [0.717, 1.165) is 19.5 Å². The van der Waals surface area contributed by atoms with Gasteiger partial charge in [0.05, 0.1) is 12.1 Å². The number of amides is 1. The summed E-state index contributed by atoms with van der Waals surface area (Å²) in [5, 5.41) is 6.46. The molecule has 0 aromatic carbocycles. The topological polar surface area (TPSA) is 59.6 Å². The van der Waals surface area contributed by atoms with Crippen molar-refractivity contribution >= 4 is 14.4 Å². The van der Waals surface area contributed by atoms with Crippen molar-refractivity contribution in [1.82, 2.24) is 10.6 Å². The summed E-state index contributed by atoms with van der Waals surface area (Å²) in [5.74, 6) is 0. The molecule has 2 atom stereocenters. The van der Waals surface area contributed by atoms with Gasteiger partial charge in [-0.3, -0.25) is 0 Å². The Labute approximate surface area is 136 Å². The Morgan fingerprint density at radius 2 is 1.77 bits per heavy atom. The van der Waals surface area contributed by atoms with Crippen LogP contribution in [0.1, 0.15) is 48.0 Å². The third-order valence-corrected chi connectivity index (χ3v) is 8.88. The molecule has 1 heterocycles. The maximum atomic E-state index is 12.0. The average Bonchev–Trinajstić information content (AvgIpc) is 2.27. The van der Waals surface area contributed by atoms with E-state index in [1.807, 2.05) is 20.8 Å². The number of ether oxygens (including phenoxy) is 1. The predicted octanol–water partition coefficient (Wildman–Crippen LogP) is 3.26. The molecule has 0 aliphatic carbocycles. The summed E-state index contributed by atoms with van der Waals surface area (Å²) in [5.41, 5.74) is -0.484. The first kappa shape index (κ1) is 19.5. The Morgan fingerprint density at radius 1 is 1.18 bits per heavy atom. The monoisotopic (exact) mass is 330 g/mol. The number of carbonyl (C=O) groups is 1. The molecule has 130 valence electrons. The van der Waals surface area contributed by atoms with Crippen molar-refractivity contribution in [1.29, 1.82) is 0 Å². The van der Waals surface area contributed by atoms with Gasteiger partial charge in [0, 0.05) is 6.54 Å². The SMILES string of the molecule is CC(C)(C)OC(=O)NC1CNCCC1O[Si](C)(C)C(C)(C)C. The van der Waals surface area contributed by atoms with Crippen molar-refractivity contribution in [2.45, 2.75) is 83.8 Å². The zero-order valence-corrected chi connectivity index (χ0v) is 16.5. The van der Waals surface area contributed by atoms with Crippen LogP contribution in [0.2, 0.25) is 18.1 Å². The molecule has 6 heteroatoms. The molecule has 1 saturated heterocycles. The summed E-state index contributed by atoms with van der Waals surface area (Å²) < 4.78 is 11.9. The van der Waals surface area contributed by atoms with Crippen LogP contribution in [0.15, 0.2) is 0 Å². The van der Waals surface area contributed by atoms with Gasteiger partial charge in [0.25, 0.3) is 0 Å². The molecule has 1 fully saturated rings. The van der Waals surface area contributed by atoms with Gasteiger partial charge in [-0.2, -0.15) is 0 Å². The fourth-order valence-corrected chi connectivity index (χ4v) is 3.53. The zero-order chi connectivity index (χ0) is 17.2. The molecular formula is C16H34N2O3Si. The van der Waals surface area contributed by atoms with E-state index >= 15 is 0 Å². The van der Waals surface area contributed by atoms with Gasteiger partial charge < -0.3 is 19.8 Å².